The molecule has 0 spiro atoms. The van der Waals surface area contributed by atoms with E-state index in [9.17, 15) is 0 Å². The zero-order valence-corrected chi connectivity index (χ0v) is 37.2. The highest BCUT2D eigenvalue weighted by Gasteiger charge is 2.23. The summed E-state index contributed by atoms with van der Waals surface area (Å²) in [5, 5.41) is 6.46. The second-order valence-electron chi connectivity index (χ2n) is 17.8. The van der Waals surface area contributed by atoms with Crippen LogP contribution < -0.4 is 4.90 Å². The van der Waals surface area contributed by atoms with Gasteiger partial charge in [-0.2, -0.15) is 0 Å². The predicted molar refractivity (Wildman–Crippen MR) is 276 cm³/mol. The van der Waals surface area contributed by atoms with Gasteiger partial charge in [-0.05, 0) is 153 Å². The molecule has 0 saturated heterocycles. The van der Waals surface area contributed by atoms with Gasteiger partial charge in [0.25, 0.3) is 0 Å². The third kappa shape index (κ3) is 6.66. The van der Waals surface area contributed by atoms with Crippen molar-refractivity contribution in [2.75, 3.05) is 4.90 Å². The van der Waals surface area contributed by atoms with E-state index in [1.807, 2.05) is 0 Å². The van der Waals surface area contributed by atoms with Gasteiger partial charge in [-0.25, -0.2) is 0 Å². The first-order valence-corrected chi connectivity index (χ1v) is 23.5. The molecule has 1 aliphatic carbocycles. The van der Waals surface area contributed by atoms with Gasteiger partial charge in [-0.15, -0.1) is 0 Å². The average molecular weight is 841 g/mol. The van der Waals surface area contributed by atoms with Crippen molar-refractivity contribution in [3.63, 3.8) is 0 Å². The Morgan fingerprint density at radius 1 is 0.462 bits per heavy atom. The first-order chi connectivity index (χ1) is 32.1. The van der Waals surface area contributed by atoms with Crippen LogP contribution in [0.3, 0.4) is 0 Å². The molecule has 11 aromatic rings. The Bertz CT molecular complexity index is 3570. The molecular weight excluding hydrogens is 789 g/mol. The number of allylic oxidation sites excluding steroid dienone is 1. The quantitative estimate of drug-likeness (QED) is 0.127. The maximum Gasteiger partial charge on any atom is 0.0542 e. The third-order valence-electron chi connectivity index (χ3n) is 14.1. The monoisotopic (exact) mass is 840 g/mol. The van der Waals surface area contributed by atoms with Crippen molar-refractivity contribution in [3.05, 3.63) is 222 Å². The molecule has 0 aliphatic heterocycles. The molecule has 12 rings (SSSR count). The van der Waals surface area contributed by atoms with Crippen LogP contribution in [0.25, 0.3) is 66.3 Å². The Balaban J connectivity index is 1.03. The van der Waals surface area contributed by atoms with Crippen LogP contribution in [0.4, 0.5) is 17.1 Å². The standard InChI is InChI=1S/C61H52N4/c1-3-62-56-26-16-14-24-50(56)52-38-43(28-32-58(52)62)37-45(36-42-18-8-5-9-19-42)44-29-33-60-53(39-44)55-41-49(31-35-61(55)65(60)47-22-12-7-13-23-47)64(46-20-10-6-11-21-46)48-30-34-59-54(40-48)51-25-15-17-27-57(51)63(59)4-2/h5-15,17-25,27-35,38-41,45H,3-4,16,26,36-37H2,1-2H3. The topological polar surface area (TPSA) is 18.0 Å². The minimum Gasteiger partial charge on any atom is -0.344 e. The normalized spacial score (nSPS) is 13.1. The van der Waals surface area contributed by atoms with E-state index >= 15 is 0 Å². The second kappa shape index (κ2) is 16.2. The van der Waals surface area contributed by atoms with Gasteiger partial charge in [0.05, 0.1) is 11.0 Å². The van der Waals surface area contributed by atoms with E-state index in [1.165, 1.54) is 82.5 Å². The SMILES string of the molecule is CCn1c2c(c3cc(CC(Cc4ccccc4)c4ccc5c(c4)c4cc(N(c6ccccc6)c6ccc7c(c6)c6ccccc6n7CC)ccc4n5-c4ccccc4)ccc31)C=CCC2. The zero-order chi connectivity index (χ0) is 43.4. The van der Waals surface area contributed by atoms with E-state index in [2.05, 4.69) is 233 Å². The van der Waals surface area contributed by atoms with Crippen molar-refractivity contribution < 1.29 is 0 Å². The highest BCUT2D eigenvalue weighted by molar-refractivity contribution is 6.12. The second-order valence-corrected chi connectivity index (χ2v) is 17.8. The highest BCUT2D eigenvalue weighted by Crippen LogP contribution is 2.43. The van der Waals surface area contributed by atoms with E-state index in [4.69, 9.17) is 0 Å². The average Bonchev–Trinajstić information content (AvgIpc) is 3.99. The van der Waals surface area contributed by atoms with Crippen molar-refractivity contribution in [1.29, 1.82) is 0 Å². The molecule has 3 aromatic heterocycles. The summed E-state index contributed by atoms with van der Waals surface area (Å²) in [7, 11) is 0. The minimum absolute atomic E-state index is 0.273. The van der Waals surface area contributed by atoms with Gasteiger partial charge in [0.2, 0.25) is 0 Å². The fraction of sp³-hybridized carbons (Fsp3) is 0.148. The summed E-state index contributed by atoms with van der Waals surface area (Å²) in [6, 6.07) is 70.2. The van der Waals surface area contributed by atoms with Crippen molar-refractivity contribution in [3.8, 4) is 5.69 Å². The molecule has 3 heterocycles. The van der Waals surface area contributed by atoms with Gasteiger partial charge < -0.3 is 18.6 Å². The van der Waals surface area contributed by atoms with Crippen molar-refractivity contribution in [2.45, 2.75) is 58.5 Å². The number of benzene rings is 8. The van der Waals surface area contributed by atoms with Crippen LogP contribution >= 0.6 is 0 Å². The van der Waals surface area contributed by atoms with Crippen molar-refractivity contribution in [1.82, 2.24) is 13.7 Å². The maximum absolute atomic E-state index is 2.53. The summed E-state index contributed by atoms with van der Waals surface area (Å²) in [5.41, 5.74) is 17.9. The van der Waals surface area contributed by atoms with Crippen LogP contribution in [0, 0.1) is 0 Å². The molecule has 1 unspecified atom stereocenters. The molecule has 1 atom stereocenters. The number of anilines is 3. The number of fused-ring (bicyclic) bond motifs is 9. The lowest BCUT2D eigenvalue weighted by Gasteiger charge is -2.26. The van der Waals surface area contributed by atoms with Crippen molar-refractivity contribution >= 4 is 77.7 Å². The van der Waals surface area contributed by atoms with Gasteiger partial charge in [-0.3, -0.25) is 0 Å². The molecule has 316 valence electrons. The lowest BCUT2D eigenvalue weighted by atomic mass is 9.85. The molecule has 4 heteroatoms. The summed E-state index contributed by atoms with van der Waals surface area (Å²) < 4.78 is 7.41. The van der Waals surface area contributed by atoms with Crippen LogP contribution in [-0.4, -0.2) is 13.7 Å². The molecule has 0 N–H and O–H groups in total. The number of hydrogen-bond donors (Lipinski definition) is 0. The van der Waals surface area contributed by atoms with E-state index in [-0.39, 0.29) is 5.92 Å². The Morgan fingerprint density at radius 2 is 1.05 bits per heavy atom. The molecule has 8 aromatic carbocycles. The van der Waals surface area contributed by atoms with Gasteiger partial charge >= 0.3 is 0 Å². The number of para-hydroxylation sites is 3. The molecule has 0 saturated carbocycles. The van der Waals surface area contributed by atoms with Crippen LogP contribution in [-0.2, 0) is 32.4 Å². The molecule has 0 fully saturated rings. The fourth-order valence-corrected chi connectivity index (χ4v) is 11.2. The number of rotatable bonds is 11. The molecular formula is C61H52N4. The Labute approximate surface area is 380 Å². The number of aromatic nitrogens is 3. The smallest absolute Gasteiger partial charge is 0.0542 e. The summed E-state index contributed by atoms with van der Waals surface area (Å²) >= 11 is 0. The Morgan fingerprint density at radius 3 is 1.80 bits per heavy atom. The summed E-state index contributed by atoms with van der Waals surface area (Å²) in [6.45, 7) is 6.43. The lowest BCUT2D eigenvalue weighted by Crippen LogP contribution is -2.09. The highest BCUT2D eigenvalue weighted by atomic mass is 15.1. The van der Waals surface area contributed by atoms with E-state index < -0.39 is 0 Å². The molecule has 0 amide bonds. The minimum atomic E-state index is 0.273. The van der Waals surface area contributed by atoms with Crippen LogP contribution in [0.1, 0.15) is 54.1 Å². The maximum atomic E-state index is 2.53. The van der Waals surface area contributed by atoms with E-state index in [0.29, 0.717) is 0 Å². The van der Waals surface area contributed by atoms with Gasteiger partial charge in [-0.1, -0.05) is 109 Å². The third-order valence-corrected chi connectivity index (χ3v) is 14.1. The lowest BCUT2D eigenvalue weighted by molar-refractivity contribution is 0.681. The summed E-state index contributed by atoms with van der Waals surface area (Å²) in [5.74, 6) is 0.273. The van der Waals surface area contributed by atoms with E-state index in [0.717, 1.165) is 61.5 Å². The van der Waals surface area contributed by atoms with E-state index in [1.54, 1.807) is 0 Å². The summed E-state index contributed by atoms with van der Waals surface area (Å²) in [6.07, 6.45) is 8.86. The van der Waals surface area contributed by atoms with Crippen LogP contribution in [0.5, 0.6) is 0 Å². The Kier molecular flexibility index (Phi) is 9.74. The first-order valence-electron chi connectivity index (χ1n) is 23.5. The fourth-order valence-electron chi connectivity index (χ4n) is 11.2. The molecule has 0 bridgehead atoms. The number of nitrogens with zero attached hydrogens (tertiary/aromatic N) is 4. The molecule has 0 radical (unpaired) electrons. The van der Waals surface area contributed by atoms with Gasteiger partial charge in [0, 0.05) is 90.6 Å². The number of aryl methyl sites for hydroxylation is 2. The number of hydrogen-bond acceptors (Lipinski definition) is 1. The van der Waals surface area contributed by atoms with Gasteiger partial charge in [0.15, 0.2) is 0 Å². The Hall–Kier alpha value is -7.56. The molecule has 1 aliphatic rings. The largest absolute Gasteiger partial charge is 0.344 e. The molecule has 65 heavy (non-hydrogen) atoms. The first kappa shape index (κ1) is 39.1. The van der Waals surface area contributed by atoms with Gasteiger partial charge in [0.1, 0.15) is 0 Å². The van der Waals surface area contributed by atoms with Crippen molar-refractivity contribution in [2.24, 2.45) is 0 Å². The predicted octanol–water partition coefficient (Wildman–Crippen LogP) is 15.9. The zero-order valence-electron chi connectivity index (χ0n) is 37.2. The summed E-state index contributed by atoms with van der Waals surface area (Å²) in [4.78, 5) is 2.43. The van der Waals surface area contributed by atoms with Crippen LogP contribution in [0.15, 0.2) is 194 Å². The van der Waals surface area contributed by atoms with Crippen LogP contribution in [0.2, 0.25) is 0 Å². The molecule has 4 nitrogen and oxygen atoms in total.